The number of carbonyl (C=O) groups is 2. The molecule has 1 atom stereocenters. The van der Waals surface area contributed by atoms with Crippen LogP contribution in [0.1, 0.15) is 18.1 Å². The van der Waals surface area contributed by atoms with E-state index in [0.717, 1.165) is 5.56 Å². The van der Waals surface area contributed by atoms with Gasteiger partial charge in [-0.3, -0.25) is 9.69 Å². The number of thiophene rings is 1. The van der Waals surface area contributed by atoms with E-state index in [-0.39, 0.29) is 19.1 Å². The van der Waals surface area contributed by atoms with E-state index >= 15 is 0 Å². The second-order valence-electron chi connectivity index (χ2n) is 5.51. The van der Waals surface area contributed by atoms with Crippen LogP contribution in [0.25, 0.3) is 0 Å². The summed E-state index contributed by atoms with van der Waals surface area (Å²) >= 11 is 1.48. The molecule has 2 aromatic rings. The molecule has 1 N–H and O–H groups in total. The molecule has 1 fully saturated rings. The van der Waals surface area contributed by atoms with E-state index < -0.39 is 11.6 Å². The Bertz CT molecular complexity index is 795. The molecule has 1 aromatic heterocycles. The van der Waals surface area contributed by atoms with Crippen molar-refractivity contribution < 1.29 is 14.3 Å². The molecule has 3 amide bonds. The zero-order chi connectivity index (χ0) is 17.2. The number of hydrogen-bond acceptors (Lipinski definition) is 5. The normalized spacial score (nSPS) is 19.9. The van der Waals surface area contributed by atoms with Gasteiger partial charge in [-0.05, 0) is 53.6 Å². The van der Waals surface area contributed by atoms with Crippen molar-refractivity contribution >= 4 is 23.3 Å². The van der Waals surface area contributed by atoms with Crippen LogP contribution in [0.4, 0.5) is 4.79 Å². The Kier molecular flexibility index (Phi) is 4.23. The van der Waals surface area contributed by atoms with Crippen LogP contribution in [0.15, 0.2) is 41.1 Å². The molecule has 0 spiro atoms. The van der Waals surface area contributed by atoms with Crippen LogP contribution in [0.5, 0.6) is 5.75 Å². The van der Waals surface area contributed by atoms with Crippen LogP contribution < -0.4 is 10.1 Å². The third kappa shape index (κ3) is 2.84. The second-order valence-corrected chi connectivity index (χ2v) is 6.29. The van der Waals surface area contributed by atoms with Crippen LogP contribution in [0.3, 0.4) is 0 Å². The van der Waals surface area contributed by atoms with E-state index in [1.54, 1.807) is 31.2 Å². The molecule has 2 heterocycles. The van der Waals surface area contributed by atoms with Crippen LogP contribution in [-0.2, 0) is 10.3 Å². The molecule has 7 heteroatoms. The van der Waals surface area contributed by atoms with E-state index in [2.05, 4.69) is 5.32 Å². The minimum Gasteiger partial charge on any atom is -0.492 e. The van der Waals surface area contributed by atoms with Crippen molar-refractivity contribution in [2.75, 3.05) is 13.2 Å². The van der Waals surface area contributed by atoms with Gasteiger partial charge in [0, 0.05) is 0 Å². The van der Waals surface area contributed by atoms with Crippen molar-refractivity contribution in [2.24, 2.45) is 0 Å². The van der Waals surface area contributed by atoms with E-state index in [1.807, 2.05) is 22.9 Å². The van der Waals surface area contributed by atoms with Gasteiger partial charge in [0.05, 0.1) is 18.2 Å². The number of amides is 3. The van der Waals surface area contributed by atoms with E-state index in [9.17, 15) is 9.59 Å². The molecule has 1 saturated heterocycles. The monoisotopic (exact) mass is 341 g/mol. The summed E-state index contributed by atoms with van der Waals surface area (Å²) in [6, 6.07) is 10.1. The van der Waals surface area contributed by atoms with E-state index in [4.69, 9.17) is 10.00 Å². The zero-order valence-electron chi connectivity index (χ0n) is 13.0. The lowest BCUT2D eigenvalue weighted by Crippen LogP contribution is -2.41. The number of nitrogens with one attached hydrogen (secondary N) is 1. The van der Waals surface area contributed by atoms with Crippen LogP contribution in [0, 0.1) is 11.3 Å². The van der Waals surface area contributed by atoms with Crippen LogP contribution in [-0.4, -0.2) is 30.0 Å². The van der Waals surface area contributed by atoms with Gasteiger partial charge in [0.15, 0.2) is 0 Å². The van der Waals surface area contributed by atoms with Crippen molar-refractivity contribution in [2.45, 2.75) is 12.5 Å². The van der Waals surface area contributed by atoms with Gasteiger partial charge in [-0.1, -0.05) is 0 Å². The number of hydrogen-bond donors (Lipinski definition) is 1. The summed E-state index contributed by atoms with van der Waals surface area (Å²) in [4.78, 5) is 25.9. The molecule has 3 rings (SSSR count). The summed E-state index contributed by atoms with van der Waals surface area (Å²) in [5.74, 6) is 0.302. The summed E-state index contributed by atoms with van der Waals surface area (Å²) in [5, 5.41) is 15.2. The Morgan fingerprint density at radius 2 is 2.04 bits per heavy atom. The van der Waals surface area contributed by atoms with Crippen LogP contribution in [0.2, 0.25) is 0 Å². The number of carbonyl (C=O) groups excluding carboxylic acids is 2. The van der Waals surface area contributed by atoms with Crippen LogP contribution >= 0.6 is 11.3 Å². The molecule has 0 radical (unpaired) electrons. The largest absolute Gasteiger partial charge is 0.492 e. The number of nitrogens with zero attached hydrogens (tertiary/aromatic N) is 2. The van der Waals surface area contributed by atoms with Gasteiger partial charge >= 0.3 is 6.03 Å². The summed E-state index contributed by atoms with van der Waals surface area (Å²) < 4.78 is 5.54. The molecule has 0 aliphatic carbocycles. The Hall–Kier alpha value is -2.85. The third-order valence-electron chi connectivity index (χ3n) is 3.94. The molecule has 1 aliphatic heterocycles. The smallest absolute Gasteiger partial charge is 0.325 e. The molecule has 1 aromatic carbocycles. The lowest BCUT2D eigenvalue weighted by molar-refractivity contribution is -0.131. The first-order chi connectivity index (χ1) is 11.5. The lowest BCUT2D eigenvalue weighted by atomic mass is 9.95. The highest BCUT2D eigenvalue weighted by molar-refractivity contribution is 7.08. The number of rotatable bonds is 5. The van der Waals surface area contributed by atoms with E-state index in [0.29, 0.717) is 11.3 Å². The van der Waals surface area contributed by atoms with Crippen molar-refractivity contribution in [1.82, 2.24) is 10.2 Å². The first-order valence-corrected chi connectivity index (χ1v) is 8.28. The molecular weight excluding hydrogens is 326 g/mol. The first-order valence-electron chi connectivity index (χ1n) is 7.34. The zero-order valence-corrected chi connectivity index (χ0v) is 13.8. The summed E-state index contributed by atoms with van der Waals surface area (Å²) in [7, 11) is 0. The Morgan fingerprint density at radius 1 is 1.29 bits per heavy atom. The maximum absolute atomic E-state index is 12.6. The summed E-state index contributed by atoms with van der Waals surface area (Å²) in [6.45, 7) is 2.05. The predicted octanol–water partition coefficient (Wildman–Crippen LogP) is 2.47. The highest BCUT2D eigenvalue weighted by Crippen LogP contribution is 2.30. The maximum atomic E-state index is 12.6. The highest BCUT2D eigenvalue weighted by Gasteiger charge is 2.48. The fourth-order valence-corrected chi connectivity index (χ4v) is 3.29. The molecule has 122 valence electrons. The van der Waals surface area contributed by atoms with Gasteiger partial charge in [-0.2, -0.15) is 16.6 Å². The average molecular weight is 341 g/mol. The summed E-state index contributed by atoms with van der Waals surface area (Å²) in [5.41, 5.74) is 0.301. The molecule has 0 unspecified atom stereocenters. The highest BCUT2D eigenvalue weighted by atomic mass is 32.1. The molecule has 6 nitrogen and oxygen atoms in total. The third-order valence-corrected chi connectivity index (χ3v) is 4.62. The molecule has 0 bridgehead atoms. The minimum atomic E-state index is -1.02. The van der Waals surface area contributed by atoms with Crippen molar-refractivity contribution in [1.29, 1.82) is 5.26 Å². The van der Waals surface area contributed by atoms with Crippen molar-refractivity contribution in [3.63, 3.8) is 0 Å². The van der Waals surface area contributed by atoms with Crippen molar-refractivity contribution in [3.05, 3.63) is 52.2 Å². The topological polar surface area (TPSA) is 82.4 Å². The molecule has 0 saturated carbocycles. The minimum absolute atomic E-state index is 0.157. The number of benzene rings is 1. The van der Waals surface area contributed by atoms with E-state index in [1.165, 1.54) is 16.2 Å². The number of ether oxygens (including phenoxy) is 1. The maximum Gasteiger partial charge on any atom is 0.325 e. The second kappa shape index (κ2) is 6.34. The van der Waals surface area contributed by atoms with Gasteiger partial charge < -0.3 is 10.1 Å². The SMILES string of the molecule is C[C@@]1(c2ccsc2)NC(=O)N(CCOc2ccc(C#N)cc2)C1=O. The Labute approximate surface area is 143 Å². The van der Waals surface area contributed by atoms with Gasteiger partial charge in [0.2, 0.25) is 0 Å². The quantitative estimate of drug-likeness (QED) is 0.847. The van der Waals surface area contributed by atoms with Crippen molar-refractivity contribution in [3.8, 4) is 11.8 Å². The Balaban J connectivity index is 1.62. The van der Waals surface area contributed by atoms with Gasteiger partial charge in [-0.25, -0.2) is 4.79 Å². The van der Waals surface area contributed by atoms with Gasteiger partial charge in [-0.15, -0.1) is 0 Å². The summed E-state index contributed by atoms with van der Waals surface area (Å²) in [6.07, 6.45) is 0. The number of nitriles is 1. The number of imide groups is 1. The average Bonchev–Trinajstić information content (AvgIpc) is 3.19. The first kappa shape index (κ1) is 16.0. The molecule has 1 aliphatic rings. The standard InChI is InChI=1S/C17H15N3O3S/c1-17(13-6-9-24-11-13)15(21)20(16(22)19-17)7-8-23-14-4-2-12(10-18)3-5-14/h2-6,9,11H,7-8H2,1H3,(H,19,22)/t17-/m0/s1. The van der Waals surface area contributed by atoms with Gasteiger partial charge in [0.1, 0.15) is 17.9 Å². The molecular formula is C17H15N3O3S. The Morgan fingerprint density at radius 3 is 2.67 bits per heavy atom. The van der Waals surface area contributed by atoms with Gasteiger partial charge in [0.25, 0.3) is 5.91 Å². The predicted molar refractivity (Wildman–Crippen MR) is 88.6 cm³/mol. The lowest BCUT2D eigenvalue weighted by Gasteiger charge is -2.20. The fourth-order valence-electron chi connectivity index (χ4n) is 2.53. The fraction of sp³-hybridized carbons (Fsp3) is 0.235. The number of urea groups is 1. The molecule has 24 heavy (non-hydrogen) atoms.